The molecule has 2 aromatic rings. The summed E-state index contributed by atoms with van der Waals surface area (Å²) in [6.45, 7) is 1.69. The molecule has 0 aliphatic heterocycles. The number of nitriles is 1. The van der Waals surface area contributed by atoms with Crippen molar-refractivity contribution in [1.29, 1.82) is 5.26 Å². The molecule has 1 heterocycles. The molecule has 0 bridgehead atoms. The van der Waals surface area contributed by atoms with Crippen LogP contribution in [0.5, 0.6) is 5.75 Å². The van der Waals surface area contributed by atoms with Crippen LogP contribution in [-0.4, -0.2) is 17.2 Å². The molecule has 1 N–H and O–H groups in total. The largest absolute Gasteiger partial charge is 0.495 e. The third-order valence-electron chi connectivity index (χ3n) is 3.09. The number of benzene rings is 1. The summed E-state index contributed by atoms with van der Waals surface area (Å²) in [5.41, 5.74) is 0.705. The summed E-state index contributed by atoms with van der Waals surface area (Å²) in [4.78, 5) is 4.04. The Balaban J connectivity index is 2.42. The van der Waals surface area contributed by atoms with Gasteiger partial charge in [-0.25, -0.2) is 0 Å². The van der Waals surface area contributed by atoms with Gasteiger partial charge in [-0.05, 0) is 30.7 Å². The van der Waals surface area contributed by atoms with Gasteiger partial charge in [0.05, 0.1) is 24.9 Å². The predicted molar refractivity (Wildman–Crippen MR) is 70.6 cm³/mol. The van der Waals surface area contributed by atoms with Crippen molar-refractivity contribution < 1.29 is 9.84 Å². The normalized spacial score (nSPS) is 13.4. The maximum absolute atomic E-state index is 10.7. The van der Waals surface area contributed by atoms with Gasteiger partial charge >= 0.3 is 0 Å². The van der Waals surface area contributed by atoms with Crippen molar-refractivity contribution in [2.75, 3.05) is 7.11 Å². The van der Waals surface area contributed by atoms with Crippen LogP contribution in [0.4, 0.5) is 0 Å². The third-order valence-corrected chi connectivity index (χ3v) is 3.09. The Labute approximate surface area is 111 Å². The fraction of sp³-hybridized carbons (Fsp3) is 0.200. The molecule has 1 aromatic heterocycles. The van der Waals surface area contributed by atoms with Crippen molar-refractivity contribution in [2.24, 2.45) is 0 Å². The average molecular weight is 254 g/mol. The molecule has 0 aliphatic rings. The van der Waals surface area contributed by atoms with Gasteiger partial charge < -0.3 is 9.84 Å². The van der Waals surface area contributed by atoms with Crippen molar-refractivity contribution in [3.63, 3.8) is 0 Å². The second-order valence-corrected chi connectivity index (χ2v) is 4.37. The minimum atomic E-state index is -1.18. The second-order valence-electron chi connectivity index (χ2n) is 4.37. The van der Waals surface area contributed by atoms with E-state index in [1.165, 1.54) is 0 Å². The van der Waals surface area contributed by atoms with Gasteiger partial charge in [-0.15, -0.1) is 0 Å². The molecule has 1 aromatic carbocycles. The number of hydrogen-bond acceptors (Lipinski definition) is 4. The molecule has 0 fully saturated rings. The Hall–Kier alpha value is -2.38. The van der Waals surface area contributed by atoms with Gasteiger partial charge in [0, 0.05) is 11.8 Å². The van der Waals surface area contributed by atoms with Crippen LogP contribution in [0.2, 0.25) is 0 Å². The van der Waals surface area contributed by atoms with E-state index in [-0.39, 0.29) is 0 Å². The van der Waals surface area contributed by atoms with Crippen LogP contribution in [0.25, 0.3) is 0 Å². The number of aromatic nitrogens is 1. The fourth-order valence-electron chi connectivity index (χ4n) is 1.83. The highest BCUT2D eigenvalue weighted by molar-refractivity contribution is 5.40. The molecule has 4 heteroatoms. The molecule has 96 valence electrons. The molecule has 0 aliphatic carbocycles. The van der Waals surface area contributed by atoms with Crippen molar-refractivity contribution in [1.82, 2.24) is 4.98 Å². The van der Waals surface area contributed by atoms with E-state index in [0.717, 1.165) is 0 Å². The van der Waals surface area contributed by atoms with Crippen molar-refractivity contribution in [3.05, 3.63) is 59.4 Å². The molecular formula is C15H14N2O2. The Morgan fingerprint density at radius 2 is 1.89 bits per heavy atom. The Morgan fingerprint density at radius 3 is 2.47 bits per heavy atom. The molecule has 1 unspecified atom stereocenters. The molecule has 4 nitrogen and oxygen atoms in total. The quantitative estimate of drug-likeness (QED) is 0.912. The summed E-state index contributed by atoms with van der Waals surface area (Å²) in [5, 5.41) is 19.4. The Kier molecular flexibility index (Phi) is 3.50. The molecule has 2 rings (SSSR count). The van der Waals surface area contributed by atoms with E-state index in [9.17, 15) is 5.11 Å². The molecule has 19 heavy (non-hydrogen) atoms. The van der Waals surface area contributed by atoms with E-state index in [1.54, 1.807) is 56.8 Å². The SMILES string of the molecule is COc1cncc(C(C)(O)c2ccc(C#N)cc2)c1. The monoisotopic (exact) mass is 254 g/mol. The fourth-order valence-corrected chi connectivity index (χ4v) is 1.83. The standard InChI is InChI=1S/C15H14N2O2/c1-15(18,12-5-3-11(8-16)4-6-12)13-7-14(19-2)10-17-9-13/h3-7,9-10,18H,1-2H3. The predicted octanol–water partition coefficient (Wildman–Crippen LogP) is 2.22. The lowest BCUT2D eigenvalue weighted by Crippen LogP contribution is -2.23. The zero-order chi connectivity index (χ0) is 13.9. The first-order valence-corrected chi connectivity index (χ1v) is 5.80. The lowest BCUT2D eigenvalue weighted by atomic mass is 9.89. The summed E-state index contributed by atoms with van der Waals surface area (Å²) >= 11 is 0. The van der Waals surface area contributed by atoms with Crippen molar-refractivity contribution in [3.8, 4) is 11.8 Å². The van der Waals surface area contributed by atoms with E-state index in [0.29, 0.717) is 22.4 Å². The number of methoxy groups -OCH3 is 1. The minimum absolute atomic E-state index is 0.559. The summed E-state index contributed by atoms with van der Waals surface area (Å²) in [6.07, 6.45) is 3.18. The van der Waals surface area contributed by atoms with Gasteiger partial charge in [0.15, 0.2) is 0 Å². The van der Waals surface area contributed by atoms with E-state index in [1.807, 2.05) is 6.07 Å². The van der Waals surface area contributed by atoms with E-state index >= 15 is 0 Å². The van der Waals surface area contributed by atoms with Crippen LogP contribution < -0.4 is 4.74 Å². The molecule has 1 atom stereocenters. The first-order valence-electron chi connectivity index (χ1n) is 5.80. The molecule has 0 saturated carbocycles. The van der Waals surface area contributed by atoms with Crippen LogP contribution in [0, 0.1) is 11.3 Å². The summed E-state index contributed by atoms with van der Waals surface area (Å²) in [6, 6.07) is 10.6. The van der Waals surface area contributed by atoms with Crippen molar-refractivity contribution in [2.45, 2.75) is 12.5 Å². The third kappa shape index (κ3) is 2.56. The van der Waals surface area contributed by atoms with Gasteiger partial charge in [0.1, 0.15) is 11.4 Å². The van der Waals surface area contributed by atoms with Crippen LogP contribution in [-0.2, 0) is 5.60 Å². The zero-order valence-electron chi connectivity index (χ0n) is 10.8. The minimum Gasteiger partial charge on any atom is -0.495 e. The Bertz CT molecular complexity index is 613. The van der Waals surface area contributed by atoms with E-state index in [2.05, 4.69) is 4.98 Å². The summed E-state index contributed by atoms with van der Waals surface area (Å²) < 4.78 is 5.11. The molecule has 0 saturated heterocycles. The van der Waals surface area contributed by atoms with Gasteiger partial charge in [0.25, 0.3) is 0 Å². The number of pyridine rings is 1. The highest BCUT2D eigenvalue weighted by Gasteiger charge is 2.26. The summed E-state index contributed by atoms with van der Waals surface area (Å²) in [7, 11) is 1.55. The topological polar surface area (TPSA) is 66.1 Å². The maximum Gasteiger partial charge on any atom is 0.137 e. The van der Waals surface area contributed by atoms with E-state index < -0.39 is 5.60 Å². The number of ether oxygens (including phenoxy) is 1. The molecule has 0 amide bonds. The average Bonchev–Trinajstić information content (AvgIpc) is 2.47. The lowest BCUT2D eigenvalue weighted by Gasteiger charge is -2.24. The smallest absolute Gasteiger partial charge is 0.137 e. The highest BCUT2D eigenvalue weighted by atomic mass is 16.5. The van der Waals surface area contributed by atoms with Crippen LogP contribution in [0.3, 0.4) is 0 Å². The molecule has 0 spiro atoms. The van der Waals surface area contributed by atoms with Crippen LogP contribution in [0.15, 0.2) is 42.7 Å². The number of rotatable bonds is 3. The van der Waals surface area contributed by atoms with Crippen LogP contribution >= 0.6 is 0 Å². The van der Waals surface area contributed by atoms with Gasteiger partial charge in [-0.1, -0.05) is 12.1 Å². The zero-order valence-corrected chi connectivity index (χ0v) is 10.8. The maximum atomic E-state index is 10.7. The van der Waals surface area contributed by atoms with Crippen molar-refractivity contribution >= 4 is 0 Å². The second kappa shape index (κ2) is 5.09. The summed E-state index contributed by atoms with van der Waals surface area (Å²) in [5.74, 6) is 0.589. The number of hydrogen-bond donors (Lipinski definition) is 1. The molecule has 0 radical (unpaired) electrons. The van der Waals surface area contributed by atoms with E-state index in [4.69, 9.17) is 10.00 Å². The first kappa shape index (κ1) is 13.1. The Morgan fingerprint density at radius 1 is 1.21 bits per heavy atom. The molecular weight excluding hydrogens is 240 g/mol. The van der Waals surface area contributed by atoms with Gasteiger partial charge in [0.2, 0.25) is 0 Å². The van der Waals surface area contributed by atoms with Gasteiger partial charge in [-0.3, -0.25) is 4.98 Å². The first-order chi connectivity index (χ1) is 9.07. The highest BCUT2D eigenvalue weighted by Crippen LogP contribution is 2.30. The number of nitrogens with zero attached hydrogens (tertiary/aromatic N) is 2. The van der Waals surface area contributed by atoms with Crippen LogP contribution in [0.1, 0.15) is 23.6 Å². The lowest BCUT2D eigenvalue weighted by molar-refractivity contribution is 0.101. The number of aliphatic hydroxyl groups is 1. The van der Waals surface area contributed by atoms with Gasteiger partial charge in [-0.2, -0.15) is 5.26 Å².